The molecule has 102 valence electrons. The summed E-state index contributed by atoms with van der Waals surface area (Å²) in [6.45, 7) is 0.886. The first-order valence-electron chi connectivity index (χ1n) is 7.04. The highest BCUT2D eigenvalue weighted by atomic mass is 35.5. The van der Waals surface area contributed by atoms with Gasteiger partial charge in [0.2, 0.25) is 0 Å². The number of nitrogens with zero attached hydrogens (tertiary/aromatic N) is 1. The molecule has 0 heterocycles. The zero-order valence-electron chi connectivity index (χ0n) is 11.0. The number of hydrogen-bond acceptors (Lipinski definition) is 1. The predicted molar refractivity (Wildman–Crippen MR) is 79.6 cm³/mol. The maximum absolute atomic E-state index is 5.92. The first kappa shape index (κ1) is 12.8. The van der Waals surface area contributed by atoms with Crippen molar-refractivity contribution in [1.29, 1.82) is 0 Å². The summed E-state index contributed by atoms with van der Waals surface area (Å²) in [5.74, 6) is 1.93. The predicted octanol–water partition coefficient (Wildman–Crippen LogP) is 2.90. The third-order valence-corrected chi connectivity index (χ3v) is 4.42. The summed E-state index contributed by atoms with van der Waals surface area (Å²) >= 11 is 5.89. The Kier molecular flexibility index (Phi) is 3.65. The second kappa shape index (κ2) is 5.41. The number of rotatable bonds is 4. The molecule has 3 rings (SSSR count). The monoisotopic (exact) mass is 277 g/mol. The first-order chi connectivity index (χ1) is 9.22. The molecular formula is C15H20ClN3. The Hall–Kier alpha value is -1.22. The Morgan fingerprint density at radius 2 is 2.05 bits per heavy atom. The number of hydrogen-bond donors (Lipinski definition) is 2. The normalized spacial score (nSPS) is 26.9. The molecule has 0 unspecified atom stereocenters. The van der Waals surface area contributed by atoms with Gasteiger partial charge >= 0.3 is 0 Å². The van der Waals surface area contributed by atoms with Crippen molar-refractivity contribution in [3.05, 3.63) is 34.9 Å². The van der Waals surface area contributed by atoms with Gasteiger partial charge in [-0.25, -0.2) is 0 Å². The summed E-state index contributed by atoms with van der Waals surface area (Å²) in [7, 11) is 0. The second-order valence-electron chi connectivity index (χ2n) is 5.67. The molecule has 2 aliphatic carbocycles. The smallest absolute Gasteiger partial charge is 0.188 e. The molecule has 2 atom stereocenters. The van der Waals surface area contributed by atoms with Gasteiger partial charge < -0.3 is 11.1 Å². The van der Waals surface area contributed by atoms with Gasteiger partial charge in [0.15, 0.2) is 5.96 Å². The third-order valence-electron chi connectivity index (χ3n) is 4.17. The molecule has 0 radical (unpaired) electrons. The lowest BCUT2D eigenvalue weighted by molar-refractivity contribution is 0.326. The van der Waals surface area contributed by atoms with Crippen LogP contribution in [0.1, 0.15) is 37.2 Å². The van der Waals surface area contributed by atoms with Crippen LogP contribution >= 0.6 is 11.6 Å². The van der Waals surface area contributed by atoms with Gasteiger partial charge in [0.1, 0.15) is 0 Å². The first-order valence-corrected chi connectivity index (χ1v) is 7.42. The summed E-state index contributed by atoms with van der Waals surface area (Å²) in [6, 6.07) is 8.51. The van der Waals surface area contributed by atoms with Crippen LogP contribution in [0.2, 0.25) is 5.02 Å². The number of halogens is 1. The molecule has 19 heavy (non-hydrogen) atoms. The van der Waals surface area contributed by atoms with E-state index in [0.717, 1.165) is 23.9 Å². The largest absolute Gasteiger partial charge is 0.370 e. The average molecular weight is 278 g/mol. The highest BCUT2D eigenvalue weighted by Crippen LogP contribution is 2.40. The molecule has 0 spiro atoms. The number of aliphatic imine (C=N–C) groups is 1. The van der Waals surface area contributed by atoms with Crippen LogP contribution in [-0.4, -0.2) is 18.5 Å². The van der Waals surface area contributed by atoms with Crippen LogP contribution in [0.5, 0.6) is 0 Å². The standard InChI is InChI=1S/C15H20ClN3/c16-12-6-4-11(5-7-12)13-8-14(13)19-15(17)18-9-10-2-1-3-10/h4-7,10,13-14H,1-3,8-9H2,(H3,17,18,19)/t13-,14+/m0/s1. The quantitative estimate of drug-likeness (QED) is 0.657. The van der Waals surface area contributed by atoms with Crippen LogP contribution in [0.3, 0.4) is 0 Å². The van der Waals surface area contributed by atoms with Gasteiger partial charge in [-0.15, -0.1) is 0 Å². The van der Waals surface area contributed by atoms with Crippen LogP contribution in [0, 0.1) is 5.92 Å². The van der Waals surface area contributed by atoms with Gasteiger partial charge in [0, 0.05) is 23.5 Å². The van der Waals surface area contributed by atoms with E-state index in [1.807, 2.05) is 12.1 Å². The Morgan fingerprint density at radius 1 is 1.32 bits per heavy atom. The molecule has 1 aromatic carbocycles. The number of nitrogens with two attached hydrogens (primary N) is 1. The fourth-order valence-corrected chi connectivity index (χ4v) is 2.70. The van der Waals surface area contributed by atoms with Crippen molar-refractivity contribution >= 4 is 17.6 Å². The fourth-order valence-electron chi connectivity index (χ4n) is 2.57. The summed E-state index contributed by atoms with van der Waals surface area (Å²) in [5, 5.41) is 4.10. The van der Waals surface area contributed by atoms with E-state index in [-0.39, 0.29) is 0 Å². The fraction of sp³-hybridized carbons (Fsp3) is 0.533. The molecule has 0 aromatic heterocycles. The van der Waals surface area contributed by atoms with Gasteiger partial charge in [0.05, 0.1) is 0 Å². The highest BCUT2D eigenvalue weighted by Gasteiger charge is 2.38. The van der Waals surface area contributed by atoms with Crippen molar-refractivity contribution in [2.45, 2.75) is 37.6 Å². The summed E-state index contributed by atoms with van der Waals surface area (Å²) in [4.78, 5) is 4.43. The van der Waals surface area contributed by atoms with Crippen molar-refractivity contribution in [2.24, 2.45) is 16.6 Å². The Labute approximate surface area is 119 Å². The molecule has 1 aromatic rings. The summed E-state index contributed by atoms with van der Waals surface area (Å²) < 4.78 is 0. The van der Waals surface area contributed by atoms with Gasteiger partial charge in [-0.05, 0) is 42.9 Å². The van der Waals surface area contributed by atoms with Gasteiger partial charge in [-0.3, -0.25) is 4.99 Å². The van der Waals surface area contributed by atoms with E-state index in [9.17, 15) is 0 Å². The van der Waals surface area contributed by atoms with Crippen LogP contribution in [0.25, 0.3) is 0 Å². The highest BCUT2D eigenvalue weighted by molar-refractivity contribution is 6.30. The number of nitrogens with one attached hydrogen (secondary N) is 1. The molecule has 4 heteroatoms. The van der Waals surface area contributed by atoms with Crippen molar-refractivity contribution in [3.8, 4) is 0 Å². The lowest BCUT2D eigenvalue weighted by Gasteiger charge is -2.23. The van der Waals surface area contributed by atoms with Crippen LogP contribution in [0.4, 0.5) is 0 Å². The van der Waals surface area contributed by atoms with Crippen LogP contribution in [-0.2, 0) is 0 Å². The van der Waals surface area contributed by atoms with Crippen LogP contribution in [0.15, 0.2) is 29.3 Å². The van der Waals surface area contributed by atoms with Crippen LogP contribution < -0.4 is 11.1 Å². The zero-order valence-corrected chi connectivity index (χ0v) is 11.7. The van der Waals surface area contributed by atoms with Crippen molar-refractivity contribution in [1.82, 2.24) is 5.32 Å². The van der Waals surface area contributed by atoms with Crippen molar-refractivity contribution in [3.63, 3.8) is 0 Å². The minimum atomic E-state index is 0.436. The minimum absolute atomic E-state index is 0.436. The molecule has 0 aliphatic heterocycles. The minimum Gasteiger partial charge on any atom is -0.370 e. The van der Waals surface area contributed by atoms with E-state index < -0.39 is 0 Å². The maximum atomic E-state index is 5.92. The Balaban J connectivity index is 1.48. The van der Waals surface area contributed by atoms with E-state index in [0.29, 0.717) is 17.9 Å². The van der Waals surface area contributed by atoms with E-state index >= 15 is 0 Å². The van der Waals surface area contributed by atoms with E-state index in [1.54, 1.807) is 0 Å². The SMILES string of the molecule is NC(=NCC1CCC1)N[C@@H]1C[C@H]1c1ccc(Cl)cc1. The molecule has 0 saturated heterocycles. The lowest BCUT2D eigenvalue weighted by atomic mass is 9.86. The molecule has 3 N–H and O–H groups in total. The molecule has 2 aliphatic rings. The molecule has 3 nitrogen and oxygen atoms in total. The molecule has 0 amide bonds. The lowest BCUT2D eigenvalue weighted by Crippen LogP contribution is -2.35. The molecule has 2 fully saturated rings. The second-order valence-corrected chi connectivity index (χ2v) is 6.10. The molecular weight excluding hydrogens is 258 g/mol. The van der Waals surface area contributed by atoms with E-state index in [1.165, 1.54) is 24.8 Å². The van der Waals surface area contributed by atoms with Crippen molar-refractivity contribution in [2.75, 3.05) is 6.54 Å². The van der Waals surface area contributed by atoms with E-state index in [4.69, 9.17) is 17.3 Å². The third kappa shape index (κ3) is 3.21. The maximum Gasteiger partial charge on any atom is 0.188 e. The zero-order chi connectivity index (χ0) is 13.2. The molecule has 0 bridgehead atoms. The number of benzene rings is 1. The Morgan fingerprint density at radius 3 is 2.68 bits per heavy atom. The Bertz CT molecular complexity index is 465. The van der Waals surface area contributed by atoms with E-state index in [2.05, 4.69) is 22.4 Å². The van der Waals surface area contributed by atoms with Crippen molar-refractivity contribution < 1.29 is 0 Å². The van der Waals surface area contributed by atoms with Gasteiger partial charge in [-0.1, -0.05) is 30.2 Å². The topological polar surface area (TPSA) is 50.4 Å². The molecule has 2 saturated carbocycles. The summed E-state index contributed by atoms with van der Waals surface area (Å²) in [6.07, 6.45) is 5.11. The van der Waals surface area contributed by atoms with Gasteiger partial charge in [0.25, 0.3) is 0 Å². The van der Waals surface area contributed by atoms with Gasteiger partial charge in [-0.2, -0.15) is 0 Å². The number of guanidine groups is 1. The average Bonchev–Trinajstić information content (AvgIpc) is 3.07. The summed E-state index contributed by atoms with van der Waals surface area (Å²) in [5.41, 5.74) is 7.25.